The minimum atomic E-state index is -5.42. The smallest absolute Gasteiger partial charge is 0.453 e. The Kier molecular flexibility index (Phi) is 12.5. The summed E-state index contributed by atoms with van der Waals surface area (Å²) in [4.78, 5) is 2.23. The van der Waals surface area contributed by atoms with Gasteiger partial charge in [-0.1, -0.05) is 44.9 Å². The predicted molar refractivity (Wildman–Crippen MR) is 161 cm³/mol. The molecule has 4 unspecified atom stereocenters. The van der Waals surface area contributed by atoms with Gasteiger partial charge in [0, 0.05) is 6.42 Å². The van der Waals surface area contributed by atoms with Crippen LogP contribution in [0.1, 0.15) is 102 Å². The molecule has 0 aromatic heterocycles. The second-order valence-electron chi connectivity index (χ2n) is 12.7. The van der Waals surface area contributed by atoms with Crippen LogP contribution in [0, 0.1) is 17.3 Å². The van der Waals surface area contributed by atoms with Gasteiger partial charge in [0.1, 0.15) is 5.75 Å². The molecule has 0 amide bonds. The van der Waals surface area contributed by atoms with Crippen LogP contribution in [0.25, 0.3) is 0 Å². The highest BCUT2D eigenvalue weighted by Crippen LogP contribution is 2.62. The minimum absolute atomic E-state index is 0.108. The summed E-state index contributed by atoms with van der Waals surface area (Å²) < 4.78 is 61.0. The number of alkyl halides is 5. The molecule has 8 heteroatoms. The van der Waals surface area contributed by atoms with Crippen molar-refractivity contribution in [2.45, 2.75) is 109 Å². The van der Waals surface area contributed by atoms with Crippen molar-refractivity contribution in [3.63, 3.8) is 0 Å². The normalized spacial score (nSPS) is 25.8. The Morgan fingerprint density at radius 2 is 1.71 bits per heavy atom. The molecular formula is C33H50F5NOS. The number of fused-ring (bicyclic) bond motifs is 5. The van der Waals surface area contributed by atoms with Crippen LogP contribution in [0.3, 0.4) is 0 Å². The Morgan fingerprint density at radius 1 is 1.00 bits per heavy atom. The quantitative estimate of drug-likeness (QED) is 0.146. The summed E-state index contributed by atoms with van der Waals surface area (Å²) in [6.45, 7) is 11.0. The molecule has 3 aliphatic rings. The molecule has 3 aliphatic carbocycles. The first kappa shape index (κ1) is 34.2. The lowest BCUT2D eigenvalue weighted by molar-refractivity contribution is -0.284. The first-order valence-electron chi connectivity index (χ1n) is 15.5. The van der Waals surface area contributed by atoms with E-state index in [0.29, 0.717) is 16.9 Å². The van der Waals surface area contributed by atoms with Crippen molar-refractivity contribution in [3.05, 3.63) is 41.5 Å². The molecule has 0 saturated heterocycles. The molecule has 1 aromatic carbocycles. The van der Waals surface area contributed by atoms with Crippen molar-refractivity contribution in [2.24, 2.45) is 17.3 Å². The second kappa shape index (κ2) is 14.9. The monoisotopic (exact) mass is 603 g/mol. The van der Waals surface area contributed by atoms with E-state index in [1.807, 2.05) is 19.2 Å². The fraction of sp³-hybridized carbons (Fsp3) is 0.758. The third-order valence-corrected chi connectivity index (χ3v) is 11.0. The third-order valence-electron chi connectivity index (χ3n) is 9.83. The molecule has 0 radical (unpaired) electrons. The van der Waals surface area contributed by atoms with E-state index in [0.717, 1.165) is 49.4 Å². The maximum Gasteiger partial charge on any atom is 0.453 e. The number of halogens is 5. The Hall–Kier alpha value is -1.28. The van der Waals surface area contributed by atoms with E-state index in [1.165, 1.54) is 79.8 Å². The van der Waals surface area contributed by atoms with E-state index < -0.39 is 18.5 Å². The predicted octanol–water partition coefficient (Wildman–Crippen LogP) is 10.0. The van der Waals surface area contributed by atoms with E-state index in [4.69, 9.17) is 0 Å². The molecule has 2 nitrogen and oxygen atoms in total. The van der Waals surface area contributed by atoms with Gasteiger partial charge < -0.3 is 10.0 Å². The molecule has 2 saturated carbocycles. The molecule has 41 heavy (non-hydrogen) atoms. The Labute approximate surface area is 248 Å². The lowest BCUT2D eigenvalue weighted by Crippen LogP contribution is -2.40. The number of nitrogens with zero attached hydrogens (tertiary/aromatic N) is 1. The summed E-state index contributed by atoms with van der Waals surface area (Å²) in [5.74, 6) is -0.560. The van der Waals surface area contributed by atoms with Crippen molar-refractivity contribution in [1.29, 1.82) is 0 Å². The summed E-state index contributed by atoms with van der Waals surface area (Å²) in [5, 5.41) is 9.70. The van der Waals surface area contributed by atoms with Crippen molar-refractivity contribution in [2.75, 3.05) is 31.6 Å². The zero-order valence-electron chi connectivity index (χ0n) is 25.2. The standard InChI is InChI=1S/C19H24O.C14H26F5NS/c1-12-3-8-18-17-6-4-13-11-14(20)5-7-15(13)16(17)9-10-19(12,18)2;1-3-4-5-9-20(2)10-7-12-21-11-6-8-13(15,16)14(17,18)19/h5,7,11,16-18,20H,1,3-4,6,8-10H2,2H3;3-12H2,1-2H3. The first-order valence-corrected chi connectivity index (χ1v) is 16.7. The van der Waals surface area contributed by atoms with Crippen LogP contribution in [-0.4, -0.2) is 53.7 Å². The third kappa shape index (κ3) is 8.87. The average molecular weight is 604 g/mol. The summed E-state index contributed by atoms with van der Waals surface area (Å²) in [5.41, 5.74) is 4.85. The second-order valence-corrected chi connectivity index (χ2v) is 13.9. The first-order chi connectivity index (χ1) is 19.3. The van der Waals surface area contributed by atoms with Gasteiger partial charge in [-0.3, -0.25) is 0 Å². The Bertz CT molecular complexity index is 983. The van der Waals surface area contributed by atoms with Gasteiger partial charge >= 0.3 is 12.1 Å². The van der Waals surface area contributed by atoms with Crippen LogP contribution in [-0.2, 0) is 6.42 Å². The number of allylic oxidation sites excluding steroid dienone is 1. The van der Waals surface area contributed by atoms with Gasteiger partial charge in [0.25, 0.3) is 0 Å². The average Bonchev–Trinajstić information content (AvgIpc) is 3.22. The van der Waals surface area contributed by atoms with E-state index >= 15 is 0 Å². The maximum atomic E-state index is 12.6. The fourth-order valence-electron chi connectivity index (χ4n) is 7.30. The van der Waals surface area contributed by atoms with E-state index in [1.54, 1.807) is 0 Å². The maximum absolute atomic E-state index is 12.6. The number of thioether (sulfide) groups is 1. The molecular weight excluding hydrogens is 553 g/mol. The highest BCUT2D eigenvalue weighted by molar-refractivity contribution is 7.99. The number of benzene rings is 1. The van der Waals surface area contributed by atoms with Crippen LogP contribution in [0.2, 0.25) is 0 Å². The number of phenols is 1. The molecule has 1 aromatic rings. The molecule has 4 rings (SSSR count). The molecule has 234 valence electrons. The number of rotatable bonds is 12. The number of unbranched alkanes of at least 4 members (excludes halogenated alkanes) is 2. The van der Waals surface area contributed by atoms with Crippen LogP contribution in [0.15, 0.2) is 30.4 Å². The van der Waals surface area contributed by atoms with Crippen molar-refractivity contribution in [3.8, 4) is 5.75 Å². The molecule has 0 aliphatic heterocycles. The minimum Gasteiger partial charge on any atom is -0.508 e. The van der Waals surface area contributed by atoms with Crippen molar-refractivity contribution < 1.29 is 27.1 Å². The molecule has 2 fully saturated rings. The number of aromatic hydroxyl groups is 1. The zero-order valence-corrected chi connectivity index (χ0v) is 26.0. The van der Waals surface area contributed by atoms with Gasteiger partial charge in [-0.05, 0) is 136 Å². The fourth-order valence-corrected chi connectivity index (χ4v) is 8.18. The Balaban J connectivity index is 0.000000225. The number of aryl methyl sites for hydroxylation is 1. The Morgan fingerprint density at radius 3 is 2.41 bits per heavy atom. The topological polar surface area (TPSA) is 23.5 Å². The largest absolute Gasteiger partial charge is 0.508 e. The van der Waals surface area contributed by atoms with E-state index in [2.05, 4.69) is 31.4 Å². The van der Waals surface area contributed by atoms with Gasteiger partial charge in [0.2, 0.25) is 0 Å². The molecule has 0 spiro atoms. The number of phenolic OH excluding ortho intramolecular Hbond substituents is 1. The van der Waals surface area contributed by atoms with Crippen LogP contribution in [0.4, 0.5) is 22.0 Å². The molecule has 0 bridgehead atoms. The summed E-state index contributed by atoms with van der Waals surface area (Å²) in [6, 6.07) is 6.06. The number of hydrogen-bond acceptors (Lipinski definition) is 3. The van der Waals surface area contributed by atoms with Gasteiger partial charge in [-0.25, -0.2) is 0 Å². The lowest BCUT2D eigenvalue weighted by atomic mass is 9.55. The summed E-state index contributed by atoms with van der Waals surface area (Å²) >= 11 is 1.45. The van der Waals surface area contributed by atoms with Gasteiger partial charge in [0.15, 0.2) is 0 Å². The molecule has 4 atom stereocenters. The molecule has 0 heterocycles. The highest BCUT2D eigenvalue weighted by Gasteiger charge is 2.56. The van der Waals surface area contributed by atoms with Crippen LogP contribution < -0.4 is 0 Å². The summed E-state index contributed by atoms with van der Waals surface area (Å²) in [6.07, 6.45) is 5.51. The van der Waals surface area contributed by atoms with E-state index in [-0.39, 0.29) is 6.42 Å². The zero-order chi connectivity index (χ0) is 30.3. The van der Waals surface area contributed by atoms with Crippen molar-refractivity contribution in [1.82, 2.24) is 4.90 Å². The SMILES string of the molecule is C=C1CCC2C3CCc4cc(O)ccc4C3CCC12C.CCCCCN(C)CCCSCCCC(F)(F)C(F)(F)F. The molecule has 1 N–H and O–H groups in total. The van der Waals surface area contributed by atoms with Gasteiger partial charge in [-0.2, -0.15) is 33.7 Å². The number of hydrogen-bond donors (Lipinski definition) is 1. The van der Waals surface area contributed by atoms with Crippen molar-refractivity contribution >= 4 is 11.8 Å². The van der Waals surface area contributed by atoms with E-state index in [9.17, 15) is 27.1 Å². The van der Waals surface area contributed by atoms with Gasteiger partial charge in [-0.15, -0.1) is 0 Å². The van der Waals surface area contributed by atoms with Crippen LogP contribution in [0.5, 0.6) is 5.75 Å². The lowest BCUT2D eigenvalue weighted by Gasteiger charge is -2.49. The van der Waals surface area contributed by atoms with Gasteiger partial charge in [0.05, 0.1) is 0 Å². The summed E-state index contributed by atoms with van der Waals surface area (Å²) in [7, 11) is 2.05. The van der Waals surface area contributed by atoms with Crippen LogP contribution >= 0.6 is 11.8 Å². The highest BCUT2D eigenvalue weighted by atomic mass is 32.2.